The molecule has 2 rings (SSSR count). The maximum atomic E-state index is 11.8. The summed E-state index contributed by atoms with van der Waals surface area (Å²) in [5, 5.41) is 0. The van der Waals surface area contributed by atoms with E-state index >= 15 is 0 Å². The molecule has 1 saturated carbocycles. The molecule has 20 heavy (non-hydrogen) atoms. The molecule has 0 heterocycles. The molecule has 0 atom stereocenters. The molecule has 1 fully saturated rings. The Hall–Kier alpha value is -1.84. The van der Waals surface area contributed by atoms with Gasteiger partial charge in [0.2, 0.25) is 0 Å². The highest BCUT2D eigenvalue weighted by molar-refractivity contribution is 6.05. The number of benzene rings is 1. The Morgan fingerprint density at radius 1 is 1.15 bits per heavy atom. The third kappa shape index (κ3) is 3.38. The summed E-state index contributed by atoms with van der Waals surface area (Å²) >= 11 is 0. The van der Waals surface area contributed by atoms with E-state index in [9.17, 15) is 4.79 Å². The fraction of sp³-hybridized carbons (Fsp3) is 0.500. The van der Waals surface area contributed by atoms with E-state index in [-0.39, 0.29) is 11.2 Å². The minimum Gasteiger partial charge on any atom is -0.497 e. The zero-order valence-corrected chi connectivity index (χ0v) is 12.5. The lowest BCUT2D eigenvalue weighted by Gasteiger charge is -2.29. The number of carbonyl (C=O) groups is 1. The molecule has 0 amide bonds. The van der Waals surface area contributed by atoms with Gasteiger partial charge in [0.05, 0.1) is 14.2 Å². The van der Waals surface area contributed by atoms with Crippen LogP contribution in [-0.4, -0.2) is 25.7 Å². The van der Waals surface area contributed by atoms with Crippen molar-refractivity contribution < 1.29 is 14.3 Å². The summed E-state index contributed by atoms with van der Waals surface area (Å²) < 4.78 is 10.5. The van der Waals surface area contributed by atoms with Crippen LogP contribution in [-0.2, 0) is 4.79 Å². The number of Topliss-reactive ketones (excluding diaryl/α,β-unsaturated/α-hetero) is 1. The molecule has 0 radical (unpaired) electrons. The molecule has 0 N–H and O–H groups in total. The van der Waals surface area contributed by atoms with Gasteiger partial charge >= 0.3 is 0 Å². The summed E-state index contributed by atoms with van der Waals surface area (Å²) in [5.41, 5.74) is 1.62. The van der Waals surface area contributed by atoms with Gasteiger partial charge in [-0.3, -0.25) is 9.79 Å². The summed E-state index contributed by atoms with van der Waals surface area (Å²) in [5.74, 6) is 1.67. The van der Waals surface area contributed by atoms with Crippen LogP contribution in [0.15, 0.2) is 23.2 Å². The van der Waals surface area contributed by atoms with Gasteiger partial charge in [-0.05, 0) is 24.0 Å². The molecule has 0 aromatic heterocycles. The van der Waals surface area contributed by atoms with Gasteiger partial charge in [-0.2, -0.15) is 0 Å². The maximum Gasteiger partial charge on any atom is 0.144 e. The van der Waals surface area contributed by atoms with E-state index in [2.05, 4.69) is 18.8 Å². The number of carbonyl (C=O) groups excluding carboxylic acids is 1. The molecular weight excluding hydrogens is 254 g/mol. The second-order valence-corrected chi connectivity index (χ2v) is 5.95. The fourth-order valence-electron chi connectivity index (χ4n) is 2.63. The van der Waals surface area contributed by atoms with E-state index < -0.39 is 0 Å². The Labute approximate surface area is 119 Å². The summed E-state index contributed by atoms with van der Waals surface area (Å²) in [6.45, 7) is 4.20. The average molecular weight is 275 g/mol. The first-order chi connectivity index (χ1) is 9.43. The molecule has 1 aromatic rings. The monoisotopic (exact) mass is 275 g/mol. The number of hydrogen-bond acceptors (Lipinski definition) is 4. The number of hydrogen-bond donors (Lipinski definition) is 0. The molecule has 1 aliphatic rings. The minimum absolute atomic E-state index is 0.0136. The average Bonchev–Trinajstić information content (AvgIpc) is 2.36. The van der Waals surface area contributed by atoms with Gasteiger partial charge in [0.15, 0.2) is 0 Å². The molecular formula is C16H21NO3. The van der Waals surface area contributed by atoms with E-state index in [0.29, 0.717) is 24.3 Å². The van der Waals surface area contributed by atoms with Gasteiger partial charge in [-0.25, -0.2) is 0 Å². The van der Waals surface area contributed by atoms with Crippen LogP contribution in [0.5, 0.6) is 11.5 Å². The Morgan fingerprint density at radius 2 is 1.90 bits per heavy atom. The second-order valence-electron chi connectivity index (χ2n) is 5.95. The lowest BCUT2D eigenvalue weighted by Crippen LogP contribution is -2.28. The van der Waals surface area contributed by atoms with Crippen molar-refractivity contribution in [3.8, 4) is 11.5 Å². The smallest absolute Gasteiger partial charge is 0.144 e. The van der Waals surface area contributed by atoms with Crippen molar-refractivity contribution >= 4 is 17.2 Å². The Morgan fingerprint density at radius 3 is 2.50 bits per heavy atom. The van der Waals surface area contributed by atoms with Crippen LogP contribution in [0.1, 0.15) is 33.1 Å². The fourth-order valence-corrected chi connectivity index (χ4v) is 2.63. The standard InChI is InChI=1S/C16H21NO3/c1-16(2)9-11(7-12(18)10-16)17-14-8-13(19-3)5-6-15(14)20-4/h5-6,8H,7,9-10H2,1-4H3. The third-order valence-electron chi connectivity index (χ3n) is 3.42. The molecule has 0 saturated heterocycles. The van der Waals surface area contributed by atoms with Gasteiger partial charge in [-0.1, -0.05) is 13.8 Å². The number of rotatable bonds is 3. The first-order valence-electron chi connectivity index (χ1n) is 6.74. The van der Waals surface area contributed by atoms with E-state index in [1.807, 2.05) is 18.2 Å². The van der Waals surface area contributed by atoms with Crippen molar-refractivity contribution in [2.45, 2.75) is 33.1 Å². The minimum atomic E-state index is -0.0136. The highest BCUT2D eigenvalue weighted by atomic mass is 16.5. The van der Waals surface area contributed by atoms with Crippen LogP contribution in [0.4, 0.5) is 5.69 Å². The van der Waals surface area contributed by atoms with Gasteiger partial charge in [0, 0.05) is 24.6 Å². The second kappa shape index (κ2) is 5.65. The lowest BCUT2D eigenvalue weighted by atomic mass is 9.76. The van der Waals surface area contributed by atoms with Crippen molar-refractivity contribution in [1.82, 2.24) is 0 Å². The molecule has 1 aromatic carbocycles. The Balaban J connectivity index is 2.36. The van der Waals surface area contributed by atoms with Gasteiger partial charge in [0.1, 0.15) is 23.0 Å². The van der Waals surface area contributed by atoms with Crippen molar-refractivity contribution in [1.29, 1.82) is 0 Å². The van der Waals surface area contributed by atoms with Crippen LogP contribution < -0.4 is 9.47 Å². The van der Waals surface area contributed by atoms with Crippen LogP contribution >= 0.6 is 0 Å². The lowest BCUT2D eigenvalue weighted by molar-refractivity contribution is -0.120. The van der Waals surface area contributed by atoms with Crippen LogP contribution in [0.3, 0.4) is 0 Å². The third-order valence-corrected chi connectivity index (χ3v) is 3.42. The Kier molecular flexibility index (Phi) is 4.12. The number of nitrogens with zero attached hydrogens (tertiary/aromatic N) is 1. The quantitative estimate of drug-likeness (QED) is 0.847. The number of aliphatic imine (C=N–C) groups is 1. The van der Waals surface area contributed by atoms with Gasteiger partial charge in [0.25, 0.3) is 0 Å². The van der Waals surface area contributed by atoms with Crippen molar-refractivity contribution in [2.75, 3.05) is 14.2 Å². The van der Waals surface area contributed by atoms with Crippen LogP contribution in [0, 0.1) is 5.41 Å². The molecule has 108 valence electrons. The topological polar surface area (TPSA) is 47.9 Å². The number of methoxy groups -OCH3 is 2. The largest absolute Gasteiger partial charge is 0.497 e. The van der Waals surface area contributed by atoms with Gasteiger partial charge in [-0.15, -0.1) is 0 Å². The van der Waals surface area contributed by atoms with E-state index in [1.165, 1.54) is 0 Å². The summed E-state index contributed by atoms with van der Waals surface area (Å²) in [6.07, 6.45) is 1.89. The van der Waals surface area contributed by atoms with E-state index in [1.54, 1.807) is 14.2 Å². The summed E-state index contributed by atoms with van der Waals surface area (Å²) in [7, 11) is 3.23. The van der Waals surface area contributed by atoms with Gasteiger partial charge < -0.3 is 9.47 Å². The van der Waals surface area contributed by atoms with E-state index in [4.69, 9.17) is 9.47 Å². The van der Waals surface area contributed by atoms with Crippen molar-refractivity contribution in [2.24, 2.45) is 10.4 Å². The molecule has 0 spiro atoms. The predicted molar refractivity (Wildman–Crippen MR) is 79.3 cm³/mol. The highest BCUT2D eigenvalue weighted by Gasteiger charge is 2.30. The van der Waals surface area contributed by atoms with Crippen LogP contribution in [0.2, 0.25) is 0 Å². The molecule has 1 aliphatic carbocycles. The Bertz CT molecular complexity index is 547. The van der Waals surface area contributed by atoms with Crippen molar-refractivity contribution in [3.05, 3.63) is 18.2 Å². The zero-order valence-electron chi connectivity index (χ0n) is 12.5. The molecule has 0 aliphatic heterocycles. The molecule has 0 bridgehead atoms. The van der Waals surface area contributed by atoms with Crippen molar-refractivity contribution in [3.63, 3.8) is 0 Å². The first-order valence-corrected chi connectivity index (χ1v) is 6.74. The molecule has 0 unspecified atom stereocenters. The summed E-state index contributed by atoms with van der Waals surface area (Å²) in [4.78, 5) is 16.5. The van der Waals surface area contributed by atoms with E-state index in [0.717, 1.165) is 17.9 Å². The zero-order chi connectivity index (χ0) is 14.8. The summed E-state index contributed by atoms with van der Waals surface area (Å²) in [6, 6.07) is 5.49. The number of ether oxygens (including phenoxy) is 2. The predicted octanol–water partition coefficient (Wildman–Crippen LogP) is 3.56. The van der Waals surface area contributed by atoms with Crippen LogP contribution in [0.25, 0.3) is 0 Å². The number of ketones is 1. The normalized spacial score (nSPS) is 20.0. The SMILES string of the molecule is COc1ccc(OC)c(N=C2CC(=O)CC(C)(C)C2)c1. The first kappa shape index (κ1) is 14.6. The molecule has 4 heteroatoms. The highest BCUT2D eigenvalue weighted by Crippen LogP contribution is 2.36. The maximum absolute atomic E-state index is 11.8. The molecule has 4 nitrogen and oxygen atoms in total.